The fourth-order valence-corrected chi connectivity index (χ4v) is 4.31. The molecule has 0 unspecified atom stereocenters. The number of ether oxygens (including phenoxy) is 1. The lowest BCUT2D eigenvalue weighted by atomic mass is 10.1. The lowest BCUT2D eigenvalue weighted by Gasteiger charge is -2.17. The average molecular weight is 451 g/mol. The van der Waals surface area contributed by atoms with Crippen LogP contribution < -0.4 is 15.0 Å². The minimum Gasteiger partial charge on any atom is -0.457 e. The predicted molar refractivity (Wildman–Crippen MR) is 135 cm³/mol. The van der Waals surface area contributed by atoms with Crippen LogP contribution >= 0.6 is 0 Å². The van der Waals surface area contributed by atoms with Gasteiger partial charge in [0.2, 0.25) is 11.8 Å². The number of carbonyl (C=O) groups excluding carboxylic acids is 2. The molecule has 0 bridgehead atoms. The van der Waals surface area contributed by atoms with E-state index in [-0.39, 0.29) is 24.2 Å². The van der Waals surface area contributed by atoms with Crippen LogP contribution in [0.3, 0.4) is 0 Å². The number of aryl methyl sites for hydroxylation is 1. The summed E-state index contributed by atoms with van der Waals surface area (Å²) in [6.45, 7) is 2.48. The normalized spacial score (nSPS) is 15.5. The molecule has 1 aliphatic heterocycles. The van der Waals surface area contributed by atoms with Gasteiger partial charge in [-0.15, -0.1) is 0 Å². The average Bonchev–Trinajstić information content (AvgIpc) is 3.27. The maximum atomic E-state index is 12.8. The molecular formula is C29H26N2O3. The quantitative estimate of drug-likeness (QED) is 0.381. The van der Waals surface area contributed by atoms with Crippen LogP contribution in [0.25, 0.3) is 10.8 Å². The standard InChI is InChI=1S/C29H26N2O3/c1-2-20-10-14-24(15-11-20)31-19-22(18-28(31)32)29(33)30-23-12-16-25(17-13-23)34-27-9-5-7-21-6-3-4-8-26(21)27/h3-17,22H,2,18-19H2,1H3,(H,30,33)/t22-/m1/s1. The Morgan fingerprint density at radius 3 is 2.44 bits per heavy atom. The third kappa shape index (κ3) is 4.50. The van der Waals surface area contributed by atoms with Crippen molar-refractivity contribution in [2.45, 2.75) is 19.8 Å². The number of fused-ring (bicyclic) bond motifs is 1. The largest absolute Gasteiger partial charge is 0.457 e. The molecule has 0 aliphatic carbocycles. The van der Waals surface area contributed by atoms with Crippen molar-refractivity contribution in [2.24, 2.45) is 5.92 Å². The number of amides is 2. The van der Waals surface area contributed by atoms with Crippen molar-refractivity contribution in [1.29, 1.82) is 0 Å². The summed E-state index contributed by atoms with van der Waals surface area (Å²) in [4.78, 5) is 27.1. The van der Waals surface area contributed by atoms with Crippen LogP contribution in [0.5, 0.6) is 11.5 Å². The van der Waals surface area contributed by atoms with Gasteiger partial charge in [0.15, 0.2) is 0 Å². The van der Waals surface area contributed by atoms with Gasteiger partial charge in [0.05, 0.1) is 5.92 Å². The monoisotopic (exact) mass is 450 g/mol. The highest BCUT2D eigenvalue weighted by Gasteiger charge is 2.35. The van der Waals surface area contributed by atoms with E-state index in [1.165, 1.54) is 5.56 Å². The van der Waals surface area contributed by atoms with E-state index >= 15 is 0 Å². The van der Waals surface area contributed by atoms with E-state index < -0.39 is 0 Å². The number of anilines is 2. The van der Waals surface area contributed by atoms with Gasteiger partial charge in [-0.3, -0.25) is 9.59 Å². The molecule has 1 aliphatic rings. The Bertz CT molecular complexity index is 1320. The Hall–Kier alpha value is -4.12. The minimum atomic E-state index is -0.384. The first-order valence-electron chi connectivity index (χ1n) is 11.6. The first kappa shape index (κ1) is 21.7. The maximum Gasteiger partial charge on any atom is 0.229 e. The molecule has 0 aromatic heterocycles. The van der Waals surface area contributed by atoms with Gasteiger partial charge in [0.25, 0.3) is 0 Å². The van der Waals surface area contributed by atoms with Crippen molar-refractivity contribution in [3.63, 3.8) is 0 Å². The Morgan fingerprint density at radius 2 is 1.68 bits per heavy atom. The fourth-order valence-electron chi connectivity index (χ4n) is 4.31. The highest BCUT2D eigenvalue weighted by Crippen LogP contribution is 2.31. The Morgan fingerprint density at radius 1 is 0.941 bits per heavy atom. The smallest absolute Gasteiger partial charge is 0.229 e. The van der Waals surface area contributed by atoms with Gasteiger partial charge in [0.1, 0.15) is 11.5 Å². The molecule has 0 spiro atoms. The van der Waals surface area contributed by atoms with Crippen molar-refractivity contribution in [2.75, 3.05) is 16.8 Å². The molecule has 0 radical (unpaired) electrons. The van der Waals surface area contributed by atoms with Gasteiger partial charge in [-0.25, -0.2) is 0 Å². The molecule has 5 nitrogen and oxygen atoms in total. The van der Waals surface area contributed by atoms with E-state index in [1.807, 2.05) is 78.9 Å². The molecule has 2 amide bonds. The van der Waals surface area contributed by atoms with Crippen LogP contribution in [0, 0.1) is 5.92 Å². The molecule has 0 saturated carbocycles. The number of hydrogen-bond acceptors (Lipinski definition) is 3. The van der Waals surface area contributed by atoms with Gasteiger partial charge in [-0.05, 0) is 59.8 Å². The second kappa shape index (κ2) is 9.40. The molecule has 170 valence electrons. The van der Waals surface area contributed by atoms with Crippen LogP contribution in [-0.4, -0.2) is 18.4 Å². The van der Waals surface area contributed by atoms with Gasteiger partial charge in [-0.2, -0.15) is 0 Å². The van der Waals surface area contributed by atoms with E-state index in [1.54, 1.807) is 4.90 Å². The van der Waals surface area contributed by atoms with Crippen LogP contribution in [0.1, 0.15) is 18.9 Å². The van der Waals surface area contributed by atoms with Crippen molar-refractivity contribution in [3.8, 4) is 11.5 Å². The molecule has 1 saturated heterocycles. The second-order valence-electron chi connectivity index (χ2n) is 8.52. The number of rotatable bonds is 6. The predicted octanol–water partition coefficient (Wildman–Crippen LogP) is 6.19. The number of carbonyl (C=O) groups is 2. The third-order valence-electron chi connectivity index (χ3n) is 6.25. The summed E-state index contributed by atoms with van der Waals surface area (Å²) in [5, 5.41) is 5.10. The van der Waals surface area contributed by atoms with E-state index in [4.69, 9.17) is 4.74 Å². The molecule has 4 aromatic rings. The molecule has 1 atom stereocenters. The van der Waals surface area contributed by atoms with Crippen molar-refractivity contribution in [3.05, 3.63) is 96.6 Å². The Kier molecular flexibility index (Phi) is 6.00. The van der Waals surface area contributed by atoms with Crippen LogP contribution in [0.4, 0.5) is 11.4 Å². The number of nitrogens with one attached hydrogen (secondary N) is 1. The number of benzene rings is 4. The van der Waals surface area contributed by atoms with Crippen molar-refractivity contribution in [1.82, 2.24) is 0 Å². The summed E-state index contributed by atoms with van der Waals surface area (Å²) in [5.74, 6) is 0.912. The van der Waals surface area contributed by atoms with E-state index in [0.717, 1.165) is 28.6 Å². The molecule has 5 rings (SSSR count). The van der Waals surface area contributed by atoms with Crippen LogP contribution in [0.2, 0.25) is 0 Å². The topological polar surface area (TPSA) is 58.6 Å². The first-order chi connectivity index (χ1) is 16.6. The van der Waals surface area contributed by atoms with E-state index in [9.17, 15) is 9.59 Å². The maximum absolute atomic E-state index is 12.8. The SMILES string of the molecule is CCc1ccc(N2C[C@H](C(=O)Nc3ccc(Oc4cccc5ccccc45)cc3)CC2=O)cc1. The zero-order valence-corrected chi connectivity index (χ0v) is 19.0. The van der Waals surface area contributed by atoms with Crippen LogP contribution in [0.15, 0.2) is 91.0 Å². The lowest BCUT2D eigenvalue weighted by Crippen LogP contribution is -2.28. The fraction of sp³-hybridized carbons (Fsp3) is 0.172. The second-order valence-corrected chi connectivity index (χ2v) is 8.52. The van der Waals surface area contributed by atoms with Gasteiger partial charge in [0, 0.05) is 29.7 Å². The zero-order valence-electron chi connectivity index (χ0n) is 19.0. The summed E-state index contributed by atoms with van der Waals surface area (Å²) in [7, 11) is 0. The molecule has 4 aromatic carbocycles. The molecule has 5 heteroatoms. The molecular weight excluding hydrogens is 424 g/mol. The zero-order chi connectivity index (χ0) is 23.5. The van der Waals surface area contributed by atoms with E-state index in [2.05, 4.69) is 24.4 Å². The van der Waals surface area contributed by atoms with E-state index in [0.29, 0.717) is 18.0 Å². The summed E-state index contributed by atoms with van der Waals surface area (Å²) < 4.78 is 6.08. The lowest BCUT2D eigenvalue weighted by molar-refractivity contribution is -0.122. The molecule has 1 N–H and O–H groups in total. The van der Waals surface area contributed by atoms with Crippen molar-refractivity contribution >= 4 is 34.0 Å². The third-order valence-corrected chi connectivity index (χ3v) is 6.25. The Labute approximate surface area is 199 Å². The number of hydrogen-bond donors (Lipinski definition) is 1. The minimum absolute atomic E-state index is 0.0248. The molecule has 34 heavy (non-hydrogen) atoms. The summed E-state index contributed by atoms with van der Waals surface area (Å²) in [5.41, 5.74) is 2.73. The summed E-state index contributed by atoms with van der Waals surface area (Å²) in [6, 6.07) is 29.3. The first-order valence-corrected chi connectivity index (χ1v) is 11.6. The van der Waals surface area contributed by atoms with Gasteiger partial charge >= 0.3 is 0 Å². The van der Waals surface area contributed by atoms with Crippen LogP contribution in [-0.2, 0) is 16.0 Å². The van der Waals surface area contributed by atoms with Gasteiger partial charge < -0.3 is 15.0 Å². The Balaban J connectivity index is 1.22. The highest BCUT2D eigenvalue weighted by molar-refractivity contribution is 6.03. The van der Waals surface area contributed by atoms with Gasteiger partial charge in [-0.1, -0.05) is 55.5 Å². The highest BCUT2D eigenvalue weighted by atomic mass is 16.5. The molecule has 1 fully saturated rings. The summed E-state index contributed by atoms with van der Waals surface area (Å²) in [6.07, 6.45) is 1.16. The molecule has 1 heterocycles. The summed E-state index contributed by atoms with van der Waals surface area (Å²) >= 11 is 0. The van der Waals surface area contributed by atoms with Crippen molar-refractivity contribution < 1.29 is 14.3 Å². The number of nitrogens with zero attached hydrogens (tertiary/aromatic N) is 1.